The average Bonchev–Trinajstić information content (AvgIpc) is 2.67. The number of hydrogen-bond acceptors (Lipinski definition) is 4. The van der Waals surface area contributed by atoms with E-state index in [-0.39, 0.29) is 18.1 Å². The molecule has 2 heterocycles. The molecule has 24 heavy (non-hydrogen) atoms. The van der Waals surface area contributed by atoms with E-state index in [0.717, 1.165) is 25.0 Å². The van der Waals surface area contributed by atoms with Crippen molar-refractivity contribution in [3.05, 3.63) is 35.9 Å². The van der Waals surface area contributed by atoms with Crippen LogP contribution in [0.1, 0.15) is 37.9 Å². The standard InChI is InChI=1S/C19H27NO4/c1-15(24-14-17-9-5-6-11-22-17)19(21)20-10-12-23-18(13-20)16-7-3-2-4-8-16/h2-4,7-8,15,17-18H,5-6,9-14H2,1H3. The highest BCUT2D eigenvalue weighted by atomic mass is 16.5. The fourth-order valence-electron chi connectivity index (χ4n) is 3.24. The van der Waals surface area contributed by atoms with Crippen LogP contribution in [0.5, 0.6) is 0 Å². The van der Waals surface area contributed by atoms with Gasteiger partial charge in [0.05, 0.1) is 25.9 Å². The lowest BCUT2D eigenvalue weighted by molar-refractivity contribution is -0.153. The van der Waals surface area contributed by atoms with Gasteiger partial charge in [-0.2, -0.15) is 0 Å². The van der Waals surface area contributed by atoms with Crippen LogP contribution in [0.3, 0.4) is 0 Å². The Morgan fingerprint density at radius 2 is 2.08 bits per heavy atom. The van der Waals surface area contributed by atoms with Crippen molar-refractivity contribution in [3.63, 3.8) is 0 Å². The van der Waals surface area contributed by atoms with E-state index in [1.807, 2.05) is 42.2 Å². The smallest absolute Gasteiger partial charge is 0.251 e. The number of ether oxygens (including phenoxy) is 3. The maximum absolute atomic E-state index is 12.7. The molecule has 0 aliphatic carbocycles. The van der Waals surface area contributed by atoms with E-state index in [0.29, 0.717) is 26.3 Å². The van der Waals surface area contributed by atoms with Crippen molar-refractivity contribution in [1.29, 1.82) is 0 Å². The molecule has 2 aliphatic heterocycles. The number of benzene rings is 1. The molecule has 1 aromatic carbocycles. The second kappa shape index (κ2) is 8.60. The van der Waals surface area contributed by atoms with E-state index in [1.165, 1.54) is 6.42 Å². The van der Waals surface area contributed by atoms with E-state index in [2.05, 4.69) is 0 Å². The van der Waals surface area contributed by atoms with Crippen molar-refractivity contribution in [3.8, 4) is 0 Å². The summed E-state index contributed by atoms with van der Waals surface area (Å²) in [6, 6.07) is 10.1. The van der Waals surface area contributed by atoms with Crippen LogP contribution in [0.4, 0.5) is 0 Å². The first-order chi connectivity index (χ1) is 11.7. The lowest BCUT2D eigenvalue weighted by atomic mass is 10.1. The summed E-state index contributed by atoms with van der Waals surface area (Å²) in [5.74, 6) is 0.0371. The van der Waals surface area contributed by atoms with E-state index >= 15 is 0 Å². The van der Waals surface area contributed by atoms with Crippen LogP contribution in [-0.4, -0.2) is 55.9 Å². The Morgan fingerprint density at radius 3 is 2.83 bits per heavy atom. The molecule has 0 N–H and O–H groups in total. The summed E-state index contributed by atoms with van der Waals surface area (Å²) in [5.41, 5.74) is 1.11. The van der Waals surface area contributed by atoms with Gasteiger partial charge in [-0.15, -0.1) is 0 Å². The molecular weight excluding hydrogens is 306 g/mol. The molecule has 1 amide bonds. The quantitative estimate of drug-likeness (QED) is 0.831. The van der Waals surface area contributed by atoms with Crippen molar-refractivity contribution < 1.29 is 19.0 Å². The molecule has 3 atom stereocenters. The number of rotatable bonds is 5. The third-order valence-corrected chi connectivity index (χ3v) is 4.70. The summed E-state index contributed by atoms with van der Waals surface area (Å²) >= 11 is 0. The highest BCUT2D eigenvalue weighted by Gasteiger charge is 2.29. The second-order valence-corrected chi connectivity index (χ2v) is 6.52. The zero-order valence-corrected chi connectivity index (χ0v) is 14.4. The number of nitrogens with zero attached hydrogens (tertiary/aromatic N) is 1. The van der Waals surface area contributed by atoms with Gasteiger partial charge in [0.25, 0.3) is 5.91 Å². The molecule has 0 radical (unpaired) electrons. The van der Waals surface area contributed by atoms with Crippen molar-refractivity contribution in [2.75, 3.05) is 32.9 Å². The zero-order chi connectivity index (χ0) is 16.8. The molecule has 0 spiro atoms. The van der Waals surface area contributed by atoms with Gasteiger partial charge in [0.1, 0.15) is 12.2 Å². The van der Waals surface area contributed by atoms with Crippen LogP contribution in [0, 0.1) is 0 Å². The van der Waals surface area contributed by atoms with Crippen LogP contribution in [0.2, 0.25) is 0 Å². The summed E-state index contributed by atoms with van der Waals surface area (Å²) < 4.78 is 17.3. The topological polar surface area (TPSA) is 48.0 Å². The molecule has 2 fully saturated rings. The van der Waals surface area contributed by atoms with Gasteiger partial charge in [-0.05, 0) is 31.7 Å². The van der Waals surface area contributed by atoms with E-state index in [4.69, 9.17) is 14.2 Å². The van der Waals surface area contributed by atoms with Crippen molar-refractivity contribution in [2.24, 2.45) is 0 Å². The Bertz CT molecular complexity index is 515. The Kier molecular flexibility index (Phi) is 6.24. The van der Waals surface area contributed by atoms with Crippen LogP contribution in [-0.2, 0) is 19.0 Å². The van der Waals surface area contributed by atoms with Gasteiger partial charge >= 0.3 is 0 Å². The fraction of sp³-hybridized carbons (Fsp3) is 0.632. The lowest BCUT2D eigenvalue weighted by Gasteiger charge is -2.35. The molecule has 1 aromatic rings. The largest absolute Gasteiger partial charge is 0.376 e. The molecule has 5 heteroatoms. The second-order valence-electron chi connectivity index (χ2n) is 6.52. The molecule has 2 aliphatic rings. The SMILES string of the molecule is CC(OCC1CCCCO1)C(=O)N1CCOC(c2ccccc2)C1. The van der Waals surface area contributed by atoms with Crippen molar-refractivity contribution >= 4 is 5.91 Å². The van der Waals surface area contributed by atoms with Gasteiger partial charge in [-0.3, -0.25) is 4.79 Å². The summed E-state index contributed by atoms with van der Waals surface area (Å²) in [6.07, 6.45) is 2.96. The molecular formula is C19H27NO4. The highest BCUT2D eigenvalue weighted by Crippen LogP contribution is 2.22. The Hall–Kier alpha value is -1.43. The minimum Gasteiger partial charge on any atom is -0.376 e. The van der Waals surface area contributed by atoms with Gasteiger partial charge in [-0.1, -0.05) is 30.3 Å². The number of hydrogen-bond donors (Lipinski definition) is 0. The van der Waals surface area contributed by atoms with E-state index in [1.54, 1.807) is 0 Å². The number of morpholine rings is 1. The van der Waals surface area contributed by atoms with Crippen LogP contribution >= 0.6 is 0 Å². The van der Waals surface area contributed by atoms with E-state index in [9.17, 15) is 4.79 Å². The first-order valence-corrected chi connectivity index (χ1v) is 8.92. The van der Waals surface area contributed by atoms with Crippen molar-refractivity contribution in [1.82, 2.24) is 4.90 Å². The molecule has 3 rings (SSSR count). The van der Waals surface area contributed by atoms with Gasteiger partial charge in [0, 0.05) is 13.2 Å². The minimum atomic E-state index is -0.440. The normalized spacial score (nSPS) is 26.1. The molecule has 2 saturated heterocycles. The first kappa shape index (κ1) is 17.4. The van der Waals surface area contributed by atoms with Crippen LogP contribution in [0.25, 0.3) is 0 Å². The molecule has 0 saturated carbocycles. The van der Waals surface area contributed by atoms with Crippen LogP contribution in [0.15, 0.2) is 30.3 Å². The van der Waals surface area contributed by atoms with Gasteiger partial charge in [0.15, 0.2) is 0 Å². The van der Waals surface area contributed by atoms with Gasteiger partial charge in [0.2, 0.25) is 0 Å². The van der Waals surface area contributed by atoms with Crippen LogP contribution < -0.4 is 0 Å². The Balaban J connectivity index is 1.50. The number of carbonyl (C=O) groups excluding carboxylic acids is 1. The molecule has 5 nitrogen and oxygen atoms in total. The number of carbonyl (C=O) groups is 1. The molecule has 3 unspecified atom stereocenters. The zero-order valence-electron chi connectivity index (χ0n) is 14.4. The first-order valence-electron chi connectivity index (χ1n) is 8.92. The minimum absolute atomic E-state index is 0.0371. The lowest BCUT2D eigenvalue weighted by Crippen LogP contribution is -2.47. The third kappa shape index (κ3) is 4.56. The maximum Gasteiger partial charge on any atom is 0.251 e. The van der Waals surface area contributed by atoms with Crippen molar-refractivity contribution in [2.45, 2.75) is 44.5 Å². The van der Waals surface area contributed by atoms with E-state index < -0.39 is 6.10 Å². The monoisotopic (exact) mass is 333 g/mol. The maximum atomic E-state index is 12.7. The summed E-state index contributed by atoms with van der Waals surface area (Å²) in [6.45, 7) is 4.89. The average molecular weight is 333 g/mol. The van der Waals surface area contributed by atoms with Gasteiger partial charge in [-0.25, -0.2) is 0 Å². The highest BCUT2D eigenvalue weighted by molar-refractivity contribution is 5.80. The predicted octanol–water partition coefficient (Wildman–Crippen LogP) is 2.56. The summed E-state index contributed by atoms with van der Waals surface area (Å²) in [5, 5.41) is 0. The fourth-order valence-corrected chi connectivity index (χ4v) is 3.24. The summed E-state index contributed by atoms with van der Waals surface area (Å²) in [7, 11) is 0. The molecule has 0 bridgehead atoms. The third-order valence-electron chi connectivity index (χ3n) is 4.70. The van der Waals surface area contributed by atoms with Gasteiger partial charge < -0.3 is 19.1 Å². The Labute approximate surface area is 143 Å². The molecule has 0 aromatic heterocycles. The Morgan fingerprint density at radius 1 is 1.25 bits per heavy atom. The summed E-state index contributed by atoms with van der Waals surface area (Å²) in [4.78, 5) is 14.5. The number of amides is 1. The predicted molar refractivity (Wildman–Crippen MR) is 90.7 cm³/mol. The molecule has 132 valence electrons.